The fourth-order valence-corrected chi connectivity index (χ4v) is 2.57. The van der Waals surface area contributed by atoms with Crippen molar-refractivity contribution in [3.63, 3.8) is 0 Å². The fraction of sp³-hybridized carbons (Fsp3) is 0.125. The molecule has 2 aromatic heterocycles. The Kier molecular flexibility index (Phi) is 2.86. The Morgan fingerprint density at radius 3 is 2.85 bits per heavy atom. The normalized spacial score (nSPS) is 10.6. The minimum atomic E-state index is 0.725. The molecule has 0 spiro atoms. The van der Waals surface area contributed by atoms with Crippen molar-refractivity contribution in [1.29, 1.82) is 0 Å². The van der Waals surface area contributed by atoms with Crippen molar-refractivity contribution in [2.24, 2.45) is 0 Å². The Bertz CT molecular complexity index is 410. The van der Waals surface area contributed by atoms with Crippen LogP contribution in [-0.4, -0.2) is 5.16 Å². The first kappa shape index (κ1) is 9.43. The first-order chi connectivity index (χ1) is 6.29. The molecule has 0 saturated heterocycles. The molecule has 0 bridgehead atoms. The fourth-order valence-electron chi connectivity index (χ4n) is 0.933. The Labute approximate surface area is 96.2 Å². The molecule has 2 nitrogen and oxygen atoms in total. The summed E-state index contributed by atoms with van der Waals surface area (Å²) in [4.78, 5) is 1.09. The second-order valence-corrected chi connectivity index (χ2v) is 4.83. The van der Waals surface area contributed by atoms with Crippen LogP contribution in [0.25, 0.3) is 10.6 Å². The van der Waals surface area contributed by atoms with Crippen LogP contribution in [0.4, 0.5) is 0 Å². The predicted molar refractivity (Wildman–Crippen MR) is 60.1 cm³/mol. The van der Waals surface area contributed by atoms with E-state index in [1.807, 2.05) is 17.5 Å². The predicted octanol–water partition coefficient (Wildman–Crippen LogP) is 4.06. The summed E-state index contributed by atoms with van der Waals surface area (Å²) in [7, 11) is 0. The van der Waals surface area contributed by atoms with Gasteiger partial charge in [-0.3, -0.25) is 0 Å². The SMILES string of the molecule is BrCc1cc(-c2cc(Br)cs2)on1. The van der Waals surface area contributed by atoms with E-state index in [1.165, 1.54) is 0 Å². The summed E-state index contributed by atoms with van der Waals surface area (Å²) in [5, 5.41) is 6.63. The van der Waals surface area contributed by atoms with Gasteiger partial charge in [0.2, 0.25) is 0 Å². The molecule has 0 aliphatic carbocycles. The molecule has 0 unspecified atom stereocenters. The van der Waals surface area contributed by atoms with Gasteiger partial charge in [0.15, 0.2) is 5.76 Å². The first-order valence-electron chi connectivity index (χ1n) is 3.55. The van der Waals surface area contributed by atoms with Gasteiger partial charge in [-0.2, -0.15) is 0 Å². The molecule has 5 heteroatoms. The number of nitrogens with zero attached hydrogens (tertiary/aromatic N) is 1. The maximum atomic E-state index is 5.16. The summed E-state index contributed by atoms with van der Waals surface area (Å²) in [6.07, 6.45) is 0. The van der Waals surface area contributed by atoms with E-state index in [4.69, 9.17) is 4.52 Å². The van der Waals surface area contributed by atoms with E-state index < -0.39 is 0 Å². The molecule has 0 fully saturated rings. The van der Waals surface area contributed by atoms with E-state index in [-0.39, 0.29) is 0 Å². The van der Waals surface area contributed by atoms with Crippen molar-refractivity contribution in [3.05, 3.63) is 27.7 Å². The van der Waals surface area contributed by atoms with E-state index in [9.17, 15) is 0 Å². The van der Waals surface area contributed by atoms with Crippen LogP contribution in [0.3, 0.4) is 0 Å². The number of halogens is 2. The smallest absolute Gasteiger partial charge is 0.177 e. The van der Waals surface area contributed by atoms with Gasteiger partial charge >= 0.3 is 0 Å². The highest BCUT2D eigenvalue weighted by atomic mass is 79.9. The lowest BCUT2D eigenvalue weighted by Crippen LogP contribution is -1.70. The van der Waals surface area contributed by atoms with Crippen molar-refractivity contribution < 1.29 is 4.52 Å². The van der Waals surface area contributed by atoms with Gasteiger partial charge in [-0.1, -0.05) is 21.1 Å². The van der Waals surface area contributed by atoms with Crippen LogP contribution in [0.5, 0.6) is 0 Å². The third-order valence-corrected chi connectivity index (χ3v) is 3.79. The monoisotopic (exact) mass is 321 g/mol. The van der Waals surface area contributed by atoms with Crippen molar-refractivity contribution >= 4 is 43.2 Å². The van der Waals surface area contributed by atoms with Crippen LogP contribution in [0.1, 0.15) is 5.69 Å². The van der Waals surface area contributed by atoms with Crippen LogP contribution < -0.4 is 0 Å². The Balaban J connectivity index is 2.35. The molecule has 0 aliphatic heterocycles. The molecule has 0 saturated carbocycles. The molecule has 0 aromatic carbocycles. The van der Waals surface area contributed by atoms with Gasteiger partial charge in [-0.15, -0.1) is 11.3 Å². The summed E-state index contributed by atoms with van der Waals surface area (Å²) < 4.78 is 6.24. The molecule has 2 aromatic rings. The third-order valence-electron chi connectivity index (χ3n) is 1.51. The highest BCUT2D eigenvalue weighted by Gasteiger charge is 2.07. The number of hydrogen-bond donors (Lipinski definition) is 0. The van der Waals surface area contributed by atoms with Gasteiger partial charge in [0.1, 0.15) is 0 Å². The van der Waals surface area contributed by atoms with Gasteiger partial charge < -0.3 is 4.52 Å². The molecular formula is C8H5Br2NOS. The van der Waals surface area contributed by atoms with Gasteiger partial charge in [0.05, 0.1) is 10.6 Å². The van der Waals surface area contributed by atoms with E-state index >= 15 is 0 Å². The van der Waals surface area contributed by atoms with Crippen molar-refractivity contribution in [2.45, 2.75) is 5.33 Å². The van der Waals surface area contributed by atoms with E-state index in [0.29, 0.717) is 0 Å². The number of aromatic nitrogens is 1. The van der Waals surface area contributed by atoms with Gasteiger partial charge in [0, 0.05) is 21.2 Å². The zero-order chi connectivity index (χ0) is 9.26. The van der Waals surface area contributed by atoms with Crippen LogP contribution in [0.2, 0.25) is 0 Å². The van der Waals surface area contributed by atoms with Crippen LogP contribution in [0, 0.1) is 0 Å². The molecule has 13 heavy (non-hydrogen) atoms. The summed E-state index contributed by atoms with van der Waals surface area (Å²) in [5.74, 6) is 0.824. The lowest BCUT2D eigenvalue weighted by Gasteiger charge is -1.83. The Morgan fingerprint density at radius 2 is 2.31 bits per heavy atom. The van der Waals surface area contributed by atoms with Crippen molar-refractivity contribution in [1.82, 2.24) is 5.16 Å². The van der Waals surface area contributed by atoms with Crippen LogP contribution in [-0.2, 0) is 5.33 Å². The molecule has 0 amide bonds. The summed E-state index contributed by atoms with van der Waals surface area (Å²) in [6.45, 7) is 0. The largest absolute Gasteiger partial charge is 0.355 e. The third kappa shape index (κ3) is 2.03. The molecule has 0 atom stereocenters. The maximum Gasteiger partial charge on any atom is 0.177 e. The lowest BCUT2D eigenvalue weighted by atomic mass is 10.3. The molecular weight excluding hydrogens is 318 g/mol. The number of rotatable bonds is 2. The second-order valence-electron chi connectivity index (χ2n) is 2.45. The molecule has 68 valence electrons. The summed E-state index contributed by atoms with van der Waals surface area (Å²) in [6, 6.07) is 3.95. The van der Waals surface area contributed by atoms with E-state index in [1.54, 1.807) is 11.3 Å². The topological polar surface area (TPSA) is 26.0 Å². The molecule has 2 rings (SSSR count). The quantitative estimate of drug-likeness (QED) is 0.779. The van der Waals surface area contributed by atoms with Gasteiger partial charge in [-0.05, 0) is 22.0 Å². The Morgan fingerprint density at radius 1 is 1.46 bits per heavy atom. The highest BCUT2D eigenvalue weighted by molar-refractivity contribution is 9.10. The summed E-state index contributed by atoms with van der Waals surface area (Å²) in [5.41, 5.74) is 0.916. The molecule has 2 heterocycles. The first-order valence-corrected chi connectivity index (χ1v) is 6.35. The standard InChI is InChI=1S/C8H5Br2NOS/c9-3-6-2-7(12-11-6)8-1-5(10)4-13-8/h1-2,4H,3H2. The van der Waals surface area contributed by atoms with Crippen LogP contribution >= 0.6 is 43.2 Å². The average Bonchev–Trinajstić information content (AvgIpc) is 2.71. The average molecular weight is 323 g/mol. The van der Waals surface area contributed by atoms with E-state index in [2.05, 4.69) is 37.0 Å². The number of thiophene rings is 1. The second kappa shape index (κ2) is 3.94. The minimum absolute atomic E-state index is 0.725. The maximum absolute atomic E-state index is 5.16. The summed E-state index contributed by atoms with van der Waals surface area (Å²) >= 11 is 8.34. The van der Waals surface area contributed by atoms with Crippen molar-refractivity contribution in [2.75, 3.05) is 0 Å². The van der Waals surface area contributed by atoms with Gasteiger partial charge in [-0.25, -0.2) is 0 Å². The zero-order valence-electron chi connectivity index (χ0n) is 6.46. The van der Waals surface area contributed by atoms with Gasteiger partial charge in [0.25, 0.3) is 0 Å². The number of hydrogen-bond acceptors (Lipinski definition) is 3. The van der Waals surface area contributed by atoms with Crippen molar-refractivity contribution in [3.8, 4) is 10.6 Å². The molecule has 0 aliphatic rings. The zero-order valence-corrected chi connectivity index (χ0v) is 10.4. The van der Waals surface area contributed by atoms with E-state index in [0.717, 1.165) is 26.1 Å². The lowest BCUT2D eigenvalue weighted by molar-refractivity contribution is 0.427. The minimum Gasteiger partial charge on any atom is -0.355 e. The number of alkyl halides is 1. The Hall–Kier alpha value is -0.130. The molecule has 0 radical (unpaired) electrons. The molecule has 0 N–H and O–H groups in total. The highest BCUT2D eigenvalue weighted by Crippen LogP contribution is 2.30. The van der Waals surface area contributed by atoms with Crippen LogP contribution in [0.15, 0.2) is 26.5 Å².